The van der Waals surface area contributed by atoms with Crippen molar-refractivity contribution < 1.29 is 4.74 Å². The molecule has 0 bridgehead atoms. The number of aromatic nitrogens is 5. The average molecular weight is 386 g/mol. The molecule has 8 nitrogen and oxygen atoms in total. The number of ether oxygens (including phenoxy) is 1. The number of hydrogen-bond donors (Lipinski definition) is 2. The van der Waals surface area contributed by atoms with Gasteiger partial charge in [-0.1, -0.05) is 20.3 Å². The lowest BCUT2D eigenvalue weighted by atomic mass is 9.94. The van der Waals surface area contributed by atoms with Crippen LogP contribution in [0, 0.1) is 5.92 Å². The summed E-state index contributed by atoms with van der Waals surface area (Å²) in [5, 5.41) is 15.6. The van der Waals surface area contributed by atoms with E-state index >= 15 is 0 Å². The first-order valence-electron chi connectivity index (χ1n) is 10.6. The summed E-state index contributed by atoms with van der Waals surface area (Å²) in [7, 11) is 0. The van der Waals surface area contributed by atoms with Crippen molar-refractivity contribution in [3.63, 3.8) is 0 Å². The average Bonchev–Trinajstić information content (AvgIpc) is 2.93. The quantitative estimate of drug-likeness (QED) is 0.790. The molecule has 0 saturated carbocycles. The smallest absolute Gasteiger partial charge is 0.224 e. The van der Waals surface area contributed by atoms with Crippen molar-refractivity contribution in [2.45, 2.75) is 77.6 Å². The standard InChI is InChI=1S/C20H31N7O/c1-14(2)19-15(7-6-12-28-19)23-16-9-10-21-20(24-16)22-13-18-26-25-17-8-4-3-5-11-27(17)18/h9-10,14-15,19H,3-8,11-13H2,1-2H3,(H2,21,22,23,24)/t15-,19+/m0/s1. The molecule has 4 heterocycles. The van der Waals surface area contributed by atoms with E-state index in [1.807, 2.05) is 6.07 Å². The fraction of sp³-hybridized carbons (Fsp3) is 0.700. The van der Waals surface area contributed by atoms with Crippen LogP contribution in [0.2, 0.25) is 0 Å². The molecule has 0 aliphatic carbocycles. The number of aryl methyl sites for hydroxylation is 1. The zero-order valence-electron chi connectivity index (χ0n) is 16.9. The van der Waals surface area contributed by atoms with Crippen LogP contribution in [0.4, 0.5) is 11.8 Å². The van der Waals surface area contributed by atoms with Gasteiger partial charge in [0.1, 0.15) is 11.6 Å². The SMILES string of the molecule is CC(C)[C@H]1OCCC[C@@H]1Nc1ccnc(NCc2nnc3n2CCCCC3)n1. The highest BCUT2D eigenvalue weighted by atomic mass is 16.5. The molecular weight excluding hydrogens is 354 g/mol. The fourth-order valence-corrected chi connectivity index (χ4v) is 4.16. The lowest BCUT2D eigenvalue weighted by Crippen LogP contribution is -2.43. The monoisotopic (exact) mass is 385 g/mol. The van der Waals surface area contributed by atoms with Crippen LogP contribution in [0.15, 0.2) is 12.3 Å². The van der Waals surface area contributed by atoms with Crippen LogP contribution in [0.5, 0.6) is 0 Å². The zero-order chi connectivity index (χ0) is 19.3. The molecule has 2 aromatic rings. The number of fused-ring (bicyclic) bond motifs is 1. The minimum Gasteiger partial charge on any atom is -0.376 e. The maximum absolute atomic E-state index is 5.97. The second kappa shape index (κ2) is 8.86. The van der Waals surface area contributed by atoms with E-state index in [9.17, 15) is 0 Å². The fourth-order valence-electron chi connectivity index (χ4n) is 4.16. The van der Waals surface area contributed by atoms with Gasteiger partial charge < -0.3 is 19.9 Å². The van der Waals surface area contributed by atoms with E-state index in [0.717, 1.165) is 49.9 Å². The highest BCUT2D eigenvalue weighted by molar-refractivity contribution is 5.40. The Hall–Kier alpha value is -2.22. The van der Waals surface area contributed by atoms with Crippen molar-refractivity contribution in [1.29, 1.82) is 0 Å². The molecule has 2 N–H and O–H groups in total. The van der Waals surface area contributed by atoms with Gasteiger partial charge in [0, 0.05) is 25.8 Å². The van der Waals surface area contributed by atoms with Gasteiger partial charge in [-0.2, -0.15) is 4.98 Å². The van der Waals surface area contributed by atoms with Gasteiger partial charge in [0.15, 0.2) is 5.82 Å². The third-order valence-electron chi connectivity index (χ3n) is 5.60. The molecule has 0 radical (unpaired) electrons. The molecule has 8 heteroatoms. The number of nitrogens with one attached hydrogen (secondary N) is 2. The van der Waals surface area contributed by atoms with Gasteiger partial charge in [-0.3, -0.25) is 0 Å². The van der Waals surface area contributed by atoms with Gasteiger partial charge >= 0.3 is 0 Å². The second-order valence-corrected chi connectivity index (χ2v) is 8.09. The van der Waals surface area contributed by atoms with E-state index in [4.69, 9.17) is 4.74 Å². The summed E-state index contributed by atoms with van der Waals surface area (Å²) >= 11 is 0. The molecule has 2 aliphatic heterocycles. The Morgan fingerprint density at radius 1 is 1.21 bits per heavy atom. The maximum Gasteiger partial charge on any atom is 0.224 e. The molecule has 4 rings (SSSR count). The third kappa shape index (κ3) is 4.43. The van der Waals surface area contributed by atoms with E-state index in [0.29, 0.717) is 18.4 Å². The minimum atomic E-state index is 0.214. The largest absolute Gasteiger partial charge is 0.376 e. The molecule has 1 fully saturated rings. The van der Waals surface area contributed by atoms with Crippen molar-refractivity contribution >= 4 is 11.8 Å². The van der Waals surface area contributed by atoms with Gasteiger partial charge in [0.2, 0.25) is 5.95 Å². The first-order chi connectivity index (χ1) is 13.7. The summed E-state index contributed by atoms with van der Waals surface area (Å²) in [4.78, 5) is 9.01. The summed E-state index contributed by atoms with van der Waals surface area (Å²) in [5.74, 6) is 3.97. The van der Waals surface area contributed by atoms with Crippen LogP contribution >= 0.6 is 0 Å². The number of rotatable bonds is 6. The highest BCUT2D eigenvalue weighted by Crippen LogP contribution is 2.23. The Balaban J connectivity index is 1.40. The first kappa shape index (κ1) is 19.1. The molecule has 0 unspecified atom stereocenters. The number of nitrogens with zero attached hydrogens (tertiary/aromatic N) is 5. The molecule has 0 amide bonds. The number of hydrogen-bond acceptors (Lipinski definition) is 7. The summed E-state index contributed by atoms with van der Waals surface area (Å²) in [5.41, 5.74) is 0. The summed E-state index contributed by atoms with van der Waals surface area (Å²) in [6.07, 6.45) is 8.84. The lowest BCUT2D eigenvalue weighted by molar-refractivity contribution is -0.0203. The van der Waals surface area contributed by atoms with E-state index in [-0.39, 0.29) is 12.1 Å². The predicted octanol–water partition coefficient (Wildman–Crippen LogP) is 3.02. The Kier molecular flexibility index (Phi) is 6.04. The lowest BCUT2D eigenvalue weighted by Gasteiger charge is -2.35. The molecule has 2 aliphatic rings. The second-order valence-electron chi connectivity index (χ2n) is 8.09. The zero-order valence-corrected chi connectivity index (χ0v) is 16.9. The summed E-state index contributed by atoms with van der Waals surface area (Å²) < 4.78 is 8.22. The topological polar surface area (TPSA) is 89.8 Å². The van der Waals surface area contributed by atoms with Crippen molar-refractivity contribution in [3.05, 3.63) is 23.9 Å². The maximum atomic E-state index is 5.97. The Morgan fingerprint density at radius 2 is 2.14 bits per heavy atom. The van der Waals surface area contributed by atoms with Crippen LogP contribution in [0.25, 0.3) is 0 Å². The normalized spacial score (nSPS) is 22.5. The summed E-state index contributed by atoms with van der Waals surface area (Å²) in [6, 6.07) is 2.20. The third-order valence-corrected chi connectivity index (χ3v) is 5.60. The van der Waals surface area contributed by atoms with Crippen molar-refractivity contribution in [2.24, 2.45) is 5.92 Å². The molecule has 28 heavy (non-hydrogen) atoms. The molecule has 2 aromatic heterocycles. The molecular formula is C20H31N7O. The van der Waals surface area contributed by atoms with Crippen LogP contribution in [0.3, 0.4) is 0 Å². The van der Waals surface area contributed by atoms with Crippen LogP contribution in [-0.4, -0.2) is 43.5 Å². The minimum absolute atomic E-state index is 0.214. The molecule has 0 spiro atoms. The van der Waals surface area contributed by atoms with Gasteiger partial charge in [0.05, 0.1) is 18.7 Å². The van der Waals surface area contributed by atoms with E-state index in [2.05, 4.69) is 49.2 Å². The van der Waals surface area contributed by atoms with Gasteiger partial charge in [-0.05, 0) is 37.7 Å². The van der Waals surface area contributed by atoms with Crippen LogP contribution in [0.1, 0.15) is 57.6 Å². The van der Waals surface area contributed by atoms with Crippen molar-refractivity contribution in [1.82, 2.24) is 24.7 Å². The Morgan fingerprint density at radius 3 is 3.04 bits per heavy atom. The van der Waals surface area contributed by atoms with Crippen LogP contribution < -0.4 is 10.6 Å². The first-order valence-corrected chi connectivity index (χ1v) is 10.6. The van der Waals surface area contributed by atoms with Gasteiger partial charge in [-0.15, -0.1) is 10.2 Å². The molecule has 1 saturated heterocycles. The van der Waals surface area contributed by atoms with Crippen molar-refractivity contribution in [2.75, 3.05) is 17.2 Å². The van der Waals surface area contributed by atoms with E-state index < -0.39 is 0 Å². The molecule has 152 valence electrons. The molecule has 0 aromatic carbocycles. The Bertz CT molecular complexity index is 776. The highest BCUT2D eigenvalue weighted by Gasteiger charge is 2.28. The molecule has 2 atom stereocenters. The Labute approximate surface area is 166 Å². The van der Waals surface area contributed by atoms with E-state index in [1.54, 1.807) is 6.20 Å². The van der Waals surface area contributed by atoms with E-state index in [1.165, 1.54) is 19.3 Å². The summed E-state index contributed by atoms with van der Waals surface area (Å²) in [6.45, 7) is 6.84. The van der Waals surface area contributed by atoms with Crippen LogP contribution in [-0.2, 0) is 24.2 Å². The van der Waals surface area contributed by atoms with Gasteiger partial charge in [-0.25, -0.2) is 4.98 Å². The van der Waals surface area contributed by atoms with Crippen molar-refractivity contribution in [3.8, 4) is 0 Å². The van der Waals surface area contributed by atoms with Gasteiger partial charge in [0.25, 0.3) is 0 Å². The predicted molar refractivity (Wildman–Crippen MR) is 108 cm³/mol. The number of anilines is 2.